The number of carbonyl (C=O) groups excluding carboxylic acids is 1. The summed E-state index contributed by atoms with van der Waals surface area (Å²) in [5.74, 6) is 2.85. The summed E-state index contributed by atoms with van der Waals surface area (Å²) in [6, 6.07) is 17.3. The fourth-order valence-corrected chi connectivity index (χ4v) is 4.28. The summed E-state index contributed by atoms with van der Waals surface area (Å²) < 4.78 is 5.77. The van der Waals surface area contributed by atoms with Gasteiger partial charge in [-0.05, 0) is 67.6 Å². The zero-order valence-electron chi connectivity index (χ0n) is 16.0. The zero-order valence-corrected chi connectivity index (χ0v) is 16.0. The number of ether oxygens (including phenoxy) is 1. The summed E-state index contributed by atoms with van der Waals surface area (Å²) in [7, 11) is 0. The van der Waals surface area contributed by atoms with Crippen LogP contribution >= 0.6 is 0 Å². The first kappa shape index (κ1) is 18.6. The quantitative estimate of drug-likeness (QED) is 0.729. The van der Waals surface area contributed by atoms with Crippen LogP contribution in [-0.4, -0.2) is 36.6 Å². The van der Waals surface area contributed by atoms with E-state index < -0.39 is 0 Å². The Morgan fingerprint density at radius 2 is 1.89 bits per heavy atom. The van der Waals surface area contributed by atoms with Gasteiger partial charge >= 0.3 is 6.03 Å². The Morgan fingerprint density at radius 3 is 2.57 bits per heavy atom. The first-order valence-corrected chi connectivity index (χ1v) is 9.95. The molecule has 3 aliphatic rings. The van der Waals surface area contributed by atoms with Gasteiger partial charge in [-0.3, -0.25) is 4.90 Å². The monoisotopic (exact) mass is 377 g/mol. The van der Waals surface area contributed by atoms with Gasteiger partial charge in [0.25, 0.3) is 0 Å². The van der Waals surface area contributed by atoms with Crippen LogP contribution in [0.2, 0.25) is 0 Å². The van der Waals surface area contributed by atoms with Gasteiger partial charge < -0.3 is 15.4 Å². The van der Waals surface area contributed by atoms with Crippen LogP contribution in [0.3, 0.4) is 0 Å². The SMILES string of the molecule is C=C[C@H]1CN2CC[C@H]1C[C@@H]2CNC(=O)Nc1ccc(Oc2ccccc2)cc1. The number of hydrogen-bond donors (Lipinski definition) is 2. The molecule has 0 aliphatic carbocycles. The molecular formula is C23H27N3O2. The number of anilines is 1. The van der Waals surface area contributed by atoms with Gasteiger partial charge in [-0.1, -0.05) is 24.3 Å². The topological polar surface area (TPSA) is 53.6 Å². The van der Waals surface area contributed by atoms with Crippen molar-refractivity contribution in [2.45, 2.75) is 18.9 Å². The van der Waals surface area contributed by atoms with Gasteiger partial charge in [0, 0.05) is 24.8 Å². The first-order valence-electron chi connectivity index (χ1n) is 9.95. The lowest BCUT2D eigenvalue weighted by molar-refractivity contribution is 0.0209. The van der Waals surface area contributed by atoms with E-state index in [1.807, 2.05) is 54.6 Å². The minimum atomic E-state index is -0.167. The van der Waals surface area contributed by atoms with E-state index in [9.17, 15) is 4.79 Å². The highest BCUT2D eigenvalue weighted by Gasteiger charge is 2.38. The number of para-hydroxylation sites is 1. The first-order chi connectivity index (χ1) is 13.7. The third-order valence-corrected chi connectivity index (χ3v) is 5.82. The second kappa shape index (κ2) is 8.48. The molecule has 2 N–H and O–H groups in total. The molecule has 2 aromatic rings. The van der Waals surface area contributed by atoms with Crippen molar-refractivity contribution >= 4 is 11.7 Å². The van der Waals surface area contributed by atoms with Crippen LogP contribution in [0.5, 0.6) is 11.5 Å². The minimum absolute atomic E-state index is 0.167. The van der Waals surface area contributed by atoms with Gasteiger partial charge in [0.05, 0.1) is 0 Å². The summed E-state index contributed by atoms with van der Waals surface area (Å²) >= 11 is 0. The fraction of sp³-hybridized carbons (Fsp3) is 0.348. The van der Waals surface area contributed by atoms with E-state index in [1.165, 1.54) is 6.42 Å². The molecule has 2 amide bonds. The number of carbonyl (C=O) groups is 1. The maximum atomic E-state index is 12.3. The predicted octanol–water partition coefficient (Wildman–Crippen LogP) is 4.50. The highest BCUT2D eigenvalue weighted by Crippen LogP contribution is 2.36. The minimum Gasteiger partial charge on any atom is -0.457 e. The van der Waals surface area contributed by atoms with Gasteiger partial charge in [-0.25, -0.2) is 4.79 Å². The highest BCUT2D eigenvalue weighted by molar-refractivity contribution is 5.89. The van der Waals surface area contributed by atoms with E-state index in [0.29, 0.717) is 18.5 Å². The van der Waals surface area contributed by atoms with Crippen molar-refractivity contribution in [3.8, 4) is 11.5 Å². The molecule has 0 radical (unpaired) electrons. The van der Waals surface area contributed by atoms with Crippen molar-refractivity contribution in [1.82, 2.24) is 10.2 Å². The maximum Gasteiger partial charge on any atom is 0.319 e. The Morgan fingerprint density at radius 1 is 1.14 bits per heavy atom. The van der Waals surface area contributed by atoms with Gasteiger partial charge in [-0.15, -0.1) is 6.58 Å². The molecule has 3 saturated heterocycles. The van der Waals surface area contributed by atoms with Crippen LogP contribution in [0, 0.1) is 11.8 Å². The van der Waals surface area contributed by atoms with Crippen LogP contribution < -0.4 is 15.4 Å². The van der Waals surface area contributed by atoms with Crippen molar-refractivity contribution < 1.29 is 9.53 Å². The number of piperidine rings is 3. The molecule has 1 unspecified atom stereocenters. The van der Waals surface area contributed by atoms with Crippen molar-refractivity contribution in [2.75, 3.05) is 25.0 Å². The van der Waals surface area contributed by atoms with Crippen molar-refractivity contribution in [2.24, 2.45) is 11.8 Å². The average molecular weight is 377 g/mol. The molecule has 4 atom stereocenters. The Hall–Kier alpha value is -2.79. The number of amides is 2. The molecule has 146 valence electrons. The second-order valence-corrected chi connectivity index (χ2v) is 7.61. The third kappa shape index (κ3) is 4.37. The standard InChI is InChI=1S/C23H27N3O2/c1-2-17-16-26-13-12-18(17)14-20(26)15-24-23(27)25-19-8-10-22(11-9-19)28-21-6-4-3-5-7-21/h2-11,17-18,20H,1,12-16H2,(H2,24,25,27)/t17-,18-,20+/m0/s1. The smallest absolute Gasteiger partial charge is 0.319 e. The maximum absolute atomic E-state index is 12.3. The Labute approximate surface area is 166 Å². The van der Waals surface area contributed by atoms with Crippen molar-refractivity contribution in [3.05, 3.63) is 67.3 Å². The van der Waals surface area contributed by atoms with E-state index in [2.05, 4.69) is 28.2 Å². The third-order valence-electron chi connectivity index (χ3n) is 5.82. The lowest BCUT2D eigenvalue weighted by Crippen LogP contribution is -2.56. The van der Waals surface area contributed by atoms with Gasteiger partial charge in [-0.2, -0.15) is 0 Å². The van der Waals surface area contributed by atoms with Gasteiger partial charge in [0.2, 0.25) is 0 Å². The molecule has 5 heteroatoms. The number of benzene rings is 2. The lowest BCUT2D eigenvalue weighted by atomic mass is 9.75. The Kier molecular flexibility index (Phi) is 5.63. The highest BCUT2D eigenvalue weighted by atomic mass is 16.5. The van der Waals surface area contributed by atoms with Crippen LogP contribution in [-0.2, 0) is 0 Å². The molecule has 0 aromatic heterocycles. The molecular weight excluding hydrogens is 350 g/mol. The lowest BCUT2D eigenvalue weighted by Gasteiger charge is -2.49. The van der Waals surface area contributed by atoms with Crippen LogP contribution in [0.4, 0.5) is 10.5 Å². The number of fused-ring (bicyclic) bond motifs is 3. The molecule has 5 nitrogen and oxygen atoms in total. The van der Waals surface area contributed by atoms with E-state index in [0.717, 1.165) is 42.6 Å². The number of rotatable bonds is 6. The average Bonchev–Trinajstić information content (AvgIpc) is 2.75. The molecule has 2 aromatic carbocycles. The molecule has 3 fully saturated rings. The predicted molar refractivity (Wildman–Crippen MR) is 112 cm³/mol. The number of nitrogens with zero attached hydrogens (tertiary/aromatic N) is 1. The Bertz CT molecular complexity index is 806. The summed E-state index contributed by atoms with van der Waals surface area (Å²) in [5, 5.41) is 5.92. The Balaban J connectivity index is 1.25. The number of hydrogen-bond acceptors (Lipinski definition) is 3. The normalized spacial score (nSPS) is 25.7. The summed E-state index contributed by atoms with van der Waals surface area (Å²) in [6.07, 6.45) is 4.48. The fourth-order valence-electron chi connectivity index (χ4n) is 4.28. The van der Waals surface area contributed by atoms with Crippen LogP contribution in [0.25, 0.3) is 0 Å². The largest absolute Gasteiger partial charge is 0.457 e. The number of nitrogens with one attached hydrogen (secondary N) is 2. The van der Waals surface area contributed by atoms with E-state index >= 15 is 0 Å². The van der Waals surface area contributed by atoms with Gasteiger partial charge in [0.1, 0.15) is 11.5 Å². The molecule has 5 rings (SSSR count). The number of urea groups is 1. The summed E-state index contributed by atoms with van der Waals surface area (Å²) in [6.45, 7) is 6.85. The van der Waals surface area contributed by atoms with E-state index in [-0.39, 0.29) is 6.03 Å². The summed E-state index contributed by atoms with van der Waals surface area (Å²) in [5.41, 5.74) is 0.745. The van der Waals surface area contributed by atoms with Crippen LogP contribution in [0.15, 0.2) is 67.3 Å². The molecule has 0 spiro atoms. The zero-order chi connectivity index (χ0) is 19.3. The van der Waals surface area contributed by atoms with Gasteiger partial charge in [0.15, 0.2) is 0 Å². The molecule has 2 bridgehead atoms. The molecule has 0 saturated carbocycles. The summed E-state index contributed by atoms with van der Waals surface area (Å²) in [4.78, 5) is 14.8. The van der Waals surface area contributed by atoms with Crippen molar-refractivity contribution in [1.29, 1.82) is 0 Å². The van der Waals surface area contributed by atoms with E-state index in [4.69, 9.17) is 4.74 Å². The molecule has 28 heavy (non-hydrogen) atoms. The van der Waals surface area contributed by atoms with Crippen LogP contribution in [0.1, 0.15) is 12.8 Å². The second-order valence-electron chi connectivity index (χ2n) is 7.61. The van der Waals surface area contributed by atoms with E-state index in [1.54, 1.807) is 0 Å². The molecule has 3 aliphatic heterocycles. The molecule has 3 heterocycles. The van der Waals surface area contributed by atoms with Crippen molar-refractivity contribution in [3.63, 3.8) is 0 Å².